The van der Waals surface area contributed by atoms with Gasteiger partial charge in [-0.25, -0.2) is 9.97 Å². The molecule has 1 saturated carbocycles. The van der Waals surface area contributed by atoms with E-state index in [0.29, 0.717) is 5.92 Å². The van der Waals surface area contributed by atoms with Gasteiger partial charge in [-0.05, 0) is 74.6 Å². The molecule has 0 N–H and O–H groups in total. The van der Waals surface area contributed by atoms with Crippen LogP contribution in [0, 0.1) is 5.92 Å². The Balaban J connectivity index is 1.20. The number of piperazine rings is 1. The molecule has 1 aromatic carbocycles. The molecule has 2 aliphatic heterocycles. The summed E-state index contributed by atoms with van der Waals surface area (Å²) in [6, 6.07) is 8.30. The van der Waals surface area contributed by atoms with E-state index in [1.165, 1.54) is 30.5 Å². The number of halogens is 1. The Morgan fingerprint density at radius 1 is 1.03 bits per heavy atom. The molecular weight excluding hydrogens is 458 g/mol. The first-order valence-corrected chi connectivity index (χ1v) is 13.8. The maximum absolute atomic E-state index is 14.1. The van der Waals surface area contributed by atoms with E-state index >= 15 is 0 Å². The summed E-state index contributed by atoms with van der Waals surface area (Å²) in [5.41, 5.74) is 3.64. The molecule has 6 nitrogen and oxygen atoms in total. The van der Waals surface area contributed by atoms with Crippen molar-refractivity contribution in [2.75, 3.05) is 44.2 Å². The monoisotopic (exact) mass is 493 g/mol. The van der Waals surface area contributed by atoms with E-state index in [1.807, 2.05) is 12.1 Å². The summed E-state index contributed by atoms with van der Waals surface area (Å²) in [6.45, 7) is 7.68. The van der Waals surface area contributed by atoms with Crippen LogP contribution in [0.4, 0.5) is 5.82 Å². The van der Waals surface area contributed by atoms with E-state index in [1.54, 1.807) is 6.33 Å². The minimum absolute atomic E-state index is 0.122. The van der Waals surface area contributed by atoms with Crippen molar-refractivity contribution in [1.29, 1.82) is 0 Å². The number of amides is 1. The third-order valence-corrected chi connectivity index (χ3v) is 8.88. The first-order chi connectivity index (χ1) is 17.1. The van der Waals surface area contributed by atoms with E-state index < -0.39 is 0 Å². The third-order valence-electron chi connectivity index (χ3n) is 8.63. The average Bonchev–Trinajstić information content (AvgIpc) is 3.46. The van der Waals surface area contributed by atoms with Gasteiger partial charge in [0.1, 0.15) is 12.1 Å². The lowest BCUT2D eigenvalue weighted by atomic mass is 9.88. The molecule has 3 heterocycles. The van der Waals surface area contributed by atoms with Crippen molar-refractivity contribution < 1.29 is 4.79 Å². The second-order valence-electron chi connectivity index (χ2n) is 11.0. The lowest BCUT2D eigenvalue weighted by Gasteiger charge is -2.40. The number of aryl methyl sites for hydroxylation is 1. The van der Waals surface area contributed by atoms with E-state index in [9.17, 15) is 4.79 Å². The predicted molar refractivity (Wildman–Crippen MR) is 139 cm³/mol. The van der Waals surface area contributed by atoms with Gasteiger partial charge < -0.3 is 9.80 Å². The van der Waals surface area contributed by atoms with Gasteiger partial charge >= 0.3 is 0 Å². The Kier molecular flexibility index (Phi) is 6.44. The van der Waals surface area contributed by atoms with Gasteiger partial charge in [-0.1, -0.05) is 30.7 Å². The van der Waals surface area contributed by atoms with Crippen LogP contribution >= 0.6 is 11.6 Å². The number of anilines is 1. The molecule has 4 aliphatic rings. The number of carbonyl (C=O) groups is 1. The van der Waals surface area contributed by atoms with Crippen LogP contribution < -0.4 is 4.90 Å². The highest BCUT2D eigenvalue weighted by molar-refractivity contribution is 6.30. The molecule has 0 bridgehead atoms. The van der Waals surface area contributed by atoms with E-state index in [2.05, 4.69) is 43.7 Å². The number of hydrogen-bond acceptors (Lipinski definition) is 5. The molecule has 35 heavy (non-hydrogen) atoms. The van der Waals surface area contributed by atoms with Gasteiger partial charge in [0.15, 0.2) is 0 Å². The van der Waals surface area contributed by atoms with Crippen LogP contribution in [0.5, 0.6) is 0 Å². The standard InChI is InChI=1S/C28H36ClN5O/c1-19-4-11-23-25(19)27(31-18-30-23)32-13-15-33(16-14-32)28(35)26(21-7-9-22(29)10-8-21)24-3-2-12-34(24)17-20-5-6-20/h7-10,18-20,24,26H,2-6,11-17H2,1H3/t19-,24+,26+/m1/s1. The quantitative estimate of drug-likeness (QED) is 0.593. The van der Waals surface area contributed by atoms with Gasteiger partial charge in [0, 0.05) is 55.0 Å². The molecule has 6 rings (SSSR count). The third kappa shape index (κ3) is 4.67. The lowest BCUT2D eigenvalue weighted by Crippen LogP contribution is -2.52. The van der Waals surface area contributed by atoms with Crippen LogP contribution in [-0.4, -0.2) is 71.0 Å². The molecule has 1 amide bonds. The average molecular weight is 494 g/mol. The number of carbonyl (C=O) groups excluding carboxylic acids is 1. The van der Waals surface area contributed by atoms with Crippen LogP contribution in [0.2, 0.25) is 5.02 Å². The molecule has 1 aromatic heterocycles. The second-order valence-corrected chi connectivity index (χ2v) is 11.4. The zero-order chi connectivity index (χ0) is 23.9. The number of nitrogens with zero attached hydrogens (tertiary/aromatic N) is 5. The Hall–Kier alpha value is -2.18. The summed E-state index contributed by atoms with van der Waals surface area (Å²) < 4.78 is 0. The van der Waals surface area contributed by atoms with Crippen molar-refractivity contribution in [1.82, 2.24) is 19.8 Å². The van der Waals surface area contributed by atoms with Gasteiger partial charge in [-0.15, -0.1) is 0 Å². The van der Waals surface area contributed by atoms with Crippen LogP contribution in [-0.2, 0) is 11.2 Å². The topological polar surface area (TPSA) is 52.6 Å². The fraction of sp³-hybridized carbons (Fsp3) is 0.607. The Bertz CT molecular complexity index is 1060. The van der Waals surface area contributed by atoms with Crippen LogP contribution in [0.1, 0.15) is 67.7 Å². The fourth-order valence-electron chi connectivity index (χ4n) is 6.50. The summed E-state index contributed by atoms with van der Waals surface area (Å²) in [5, 5.41) is 0.724. The van der Waals surface area contributed by atoms with E-state index in [0.717, 1.165) is 80.9 Å². The molecule has 0 spiro atoms. The molecule has 2 saturated heterocycles. The summed E-state index contributed by atoms with van der Waals surface area (Å²) in [5.74, 6) is 2.59. The van der Waals surface area contributed by atoms with Crippen LogP contribution in [0.3, 0.4) is 0 Å². The lowest BCUT2D eigenvalue weighted by molar-refractivity contribution is -0.134. The van der Waals surface area contributed by atoms with Crippen molar-refractivity contribution in [2.45, 2.75) is 63.3 Å². The molecule has 3 fully saturated rings. The summed E-state index contributed by atoms with van der Waals surface area (Å²) in [7, 11) is 0. The molecule has 2 aliphatic carbocycles. The summed E-state index contributed by atoms with van der Waals surface area (Å²) in [6.07, 6.45) is 8.88. The molecule has 3 atom stereocenters. The fourth-order valence-corrected chi connectivity index (χ4v) is 6.62. The van der Waals surface area contributed by atoms with Gasteiger partial charge in [0.05, 0.1) is 5.92 Å². The maximum Gasteiger partial charge on any atom is 0.231 e. The maximum atomic E-state index is 14.1. The van der Waals surface area contributed by atoms with Gasteiger partial charge in [-0.2, -0.15) is 0 Å². The summed E-state index contributed by atoms with van der Waals surface area (Å²) in [4.78, 5) is 30.4. The number of rotatable bonds is 6. The number of benzene rings is 1. The molecule has 0 radical (unpaired) electrons. The van der Waals surface area contributed by atoms with Crippen molar-refractivity contribution in [3.63, 3.8) is 0 Å². The minimum Gasteiger partial charge on any atom is -0.353 e. The summed E-state index contributed by atoms with van der Waals surface area (Å²) >= 11 is 6.21. The second kappa shape index (κ2) is 9.70. The molecule has 2 aromatic rings. The highest BCUT2D eigenvalue weighted by Crippen LogP contribution is 2.39. The van der Waals surface area contributed by atoms with Gasteiger partial charge in [0.2, 0.25) is 5.91 Å². The molecule has 7 heteroatoms. The number of aromatic nitrogens is 2. The minimum atomic E-state index is -0.122. The van der Waals surface area contributed by atoms with Crippen LogP contribution in [0.15, 0.2) is 30.6 Å². The van der Waals surface area contributed by atoms with Crippen LogP contribution in [0.25, 0.3) is 0 Å². The van der Waals surface area contributed by atoms with E-state index in [-0.39, 0.29) is 17.9 Å². The number of hydrogen-bond donors (Lipinski definition) is 0. The zero-order valence-electron chi connectivity index (χ0n) is 20.7. The highest BCUT2D eigenvalue weighted by atomic mass is 35.5. The van der Waals surface area contributed by atoms with Crippen molar-refractivity contribution in [3.05, 3.63) is 52.4 Å². The smallest absolute Gasteiger partial charge is 0.231 e. The molecule has 0 unspecified atom stereocenters. The number of fused-ring (bicyclic) bond motifs is 1. The highest BCUT2D eigenvalue weighted by Gasteiger charge is 2.41. The van der Waals surface area contributed by atoms with E-state index in [4.69, 9.17) is 11.6 Å². The number of likely N-dealkylation sites (tertiary alicyclic amines) is 1. The zero-order valence-corrected chi connectivity index (χ0v) is 21.5. The Morgan fingerprint density at radius 3 is 2.54 bits per heavy atom. The SMILES string of the molecule is C[C@@H]1CCc2ncnc(N3CCN(C(=O)[C@@H](c4ccc(Cl)cc4)[C@@H]4CCCN4CC4CC4)CC3)c21. The largest absolute Gasteiger partial charge is 0.353 e. The Morgan fingerprint density at radius 2 is 1.80 bits per heavy atom. The predicted octanol–water partition coefficient (Wildman–Crippen LogP) is 4.49. The first kappa shape index (κ1) is 23.2. The van der Waals surface area contributed by atoms with Crippen molar-refractivity contribution >= 4 is 23.3 Å². The normalized spacial score (nSPS) is 25.7. The van der Waals surface area contributed by atoms with Gasteiger partial charge in [-0.3, -0.25) is 9.69 Å². The van der Waals surface area contributed by atoms with Crippen molar-refractivity contribution in [3.8, 4) is 0 Å². The molecule has 186 valence electrons. The van der Waals surface area contributed by atoms with Crippen molar-refractivity contribution in [2.24, 2.45) is 5.92 Å². The first-order valence-electron chi connectivity index (χ1n) is 13.5. The van der Waals surface area contributed by atoms with Gasteiger partial charge in [0.25, 0.3) is 0 Å². The Labute approximate surface area is 213 Å². The molecular formula is C28H36ClN5O.